The Morgan fingerprint density at radius 2 is 1.61 bits per heavy atom. The third-order valence-corrected chi connectivity index (χ3v) is 5.61. The van der Waals surface area contributed by atoms with Gasteiger partial charge in [0.25, 0.3) is 0 Å². The predicted molar refractivity (Wildman–Crippen MR) is 77.8 cm³/mol. The second-order valence-corrected chi connectivity index (χ2v) is 7.61. The van der Waals surface area contributed by atoms with Crippen molar-refractivity contribution in [2.75, 3.05) is 45.8 Å². The quantitative estimate of drug-likeness (QED) is 0.693. The van der Waals surface area contributed by atoms with E-state index in [4.69, 9.17) is 0 Å². The molecule has 2 rings (SSSR count). The Bertz CT molecular complexity index is 231. The van der Waals surface area contributed by atoms with Gasteiger partial charge in [-0.1, -0.05) is 0 Å². The zero-order valence-electron chi connectivity index (χ0n) is 12.0. The van der Waals surface area contributed by atoms with E-state index in [1.165, 1.54) is 65.1 Å². The molecule has 0 aromatic rings. The van der Waals surface area contributed by atoms with Gasteiger partial charge in [0.1, 0.15) is 0 Å². The minimum absolute atomic E-state index is 0.723. The van der Waals surface area contributed by atoms with E-state index in [0.29, 0.717) is 0 Å². The minimum atomic E-state index is 0.723. The van der Waals surface area contributed by atoms with Crippen LogP contribution < -0.4 is 0 Å². The second kappa shape index (κ2) is 7.45. The van der Waals surface area contributed by atoms with Crippen LogP contribution in [0.4, 0.5) is 0 Å². The predicted octanol–water partition coefficient (Wildman–Crippen LogP) is 1.20. The summed E-state index contributed by atoms with van der Waals surface area (Å²) < 4.78 is 2.48. The third kappa shape index (κ3) is 4.65. The molecule has 2 aliphatic rings. The van der Waals surface area contributed by atoms with Gasteiger partial charge < -0.3 is 0 Å². The first-order chi connectivity index (χ1) is 8.65. The summed E-state index contributed by atoms with van der Waals surface area (Å²) in [6, 6.07) is 0.723. The van der Waals surface area contributed by atoms with Gasteiger partial charge in [0.2, 0.25) is 0 Å². The number of hydrogen-bond acceptors (Lipinski definition) is 3. The van der Waals surface area contributed by atoms with Crippen molar-refractivity contribution in [3.8, 4) is 0 Å². The molecular formula is C14H28N3Te. The van der Waals surface area contributed by atoms with Crippen LogP contribution in [0.2, 0.25) is 0 Å². The first kappa shape index (κ1) is 15.1. The molecule has 2 saturated heterocycles. The van der Waals surface area contributed by atoms with Gasteiger partial charge in [-0.2, -0.15) is 0 Å². The molecule has 2 fully saturated rings. The van der Waals surface area contributed by atoms with Crippen molar-refractivity contribution in [1.29, 1.82) is 0 Å². The SMILES string of the molecule is CC(C)N1CCN(CCC2CCN([Te])CC2)CC1. The van der Waals surface area contributed by atoms with E-state index in [-0.39, 0.29) is 0 Å². The second-order valence-electron chi connectivity index (χ2n) is 6.13. The molecule has 1 radical (unpaired) electrons. The van der Waals surface area contributed by atoms with Crippen molar-refractivity contribution in [2.24, 2.45) is 5.92 Å². The standard InChI is InChI=1S/C14H28N3Te/c1-13(2)16-11-9-15(10-12-16)6-3-14-4-7-17(18)8-5-14/h13-14H,3-12H2,1-2H3. The van der Waals surface area contributed by atoms with Crippen LogP contribution >= 0.6 is 0 Å². The fourth-order valence-electron chi connectivity index (χ4n) is 3.07. The van der Waals surface area contributed by atoms with Crippen LogP contribution in [0.5, 0.6) is 0 Å². The van der Waals surface area contributed by atoms with Gasteiger partial charge in [-0.25, -0.2) is 0 Å². The summed E-state index contributed by atoms with van der Waals surface area (Å²) in [6.07, 6.45) is 4.27. The molecule has 0 aromatic heterocycles. The van der Waals surface area contributed by atoms with Crippen LogP contribution in [0.15, 0.2) is 0 Å². The Morgan fingerprint density at radius 3 is 2.17 bits per heavy atom. The topological polar surface area (TPSA) is 9.72 Å². The average Bonchev–Trinajstić information content (AvgIpc) is 2.38. The van der Waals surface area contributed by atoms with E-state index in [0.717, 1.165) is 12.0 Å². The van der Waals surface area contributed by atoms with E-state index in [1.54, 1.807) is 0 Å². The Hall–Kier alpha value is 0.670. The van der Waals surface area contributed by atoms with Gasteiger partial charge in [0.05, 0.1) is 0 Å². The first-order valence-electron chi connectivity index (χ1n) is 7.53. The van der Waals surface area contributed by atoms with E-state index in [9.17, 15) is 0 Å². The van der Waals surface area contributed by atoms with Crippen LogP contribution in [0, 0.1) is 5.92 Å². The van der Waals surface area contributed by atoms with Crippen LogP contribution in [0.25, 0.3) is 0 Å². The average molecular weight is 366 g/mol. The molecule has 0 amide bonds. The molecular weight excluding hydrogens is 338 g/mol. The first-order valence-corrected chi connectivity index (χ1v) is 8.58. The molecule has 0 bridgehead atoms. The summed E-state index contributed by atoms with van der Waals surface area (Å²) in [6.45, 7) is 13.7. The van der Waals surface area contributed by atoms with E-state index >= 15 is 0 Å². The van der Waals surface area contributed by atoms with Crippen LogP contribution in [0.1, 0.15) is 33.1 Å². The number of nitrogens with zero attached hydrogens (tertiary/aromatic N) is 3. The van der Waals surface area contributed by atoms with Crippen LogP contribution in [-0.4, -0.2) is 87.4 Å². The summed E-state index contributed by atoms with van der Waals surface area (Å²) >= 11 is 2.18. The molecule has 18 heavy (non-hydrogen) atoms. The monoisotopic (exact) mass is 368 g/mol. The number of piperidine rings is 1. The molecule has 2 heterocycles. The summed E-state index contributed by atoms with van der Waals surface area (Å²) in [5.41, 5.74) is 0. The van der Waals surface area contributed by atoms with Crippen molar-refractivity contribution < 1.29 is 0 Å². The molecule has 0 aromatic carbocycles. The maximum atomic E-state index is 2.68. The maximum absolute atomic E-state index is 2.68. The van der Waals surface area contributed by atoms with Gasteiger partial charge >= 0.3 is 126 Å². The molecule has 105 valence electrons. The molecule has 0 saturated carbocycles. The fourth-order valence-corrected chi connectivity index (χ4v) is 3.67. The summed E-state index contributed by atoms with van der Waals surface area (Å²) in [4.78, 5) is 5.28. The number of hydrogen-bond donors (Lipinski definition) is 0. The van der Waals surface area contributed by atoms with Crippen LogP contribution in [0.3, 0.4) is 0 Å². The zero-order valence-corrected chi connectivity index (χ0v) is 14.3. The van der Waals surface area contributed by atoms with Gasteiger partial charge in [0.15, 0.2) is 0 Å². The number of piperazine rings is 1. The molecule has 0 aliphatic carbocycles. The van der Waals surface area contributed by atoms with E-state index in [2.05, 4.69) is 49.4 Å². The van der Waals surface area contributed by atoms with Crippen molar-refractivity contribution in [1.82, 2.24) is 13.0 Å². The molecule has 3 nitrogen and oxygen atoms in total. The molecule has 0 atom stereocenters. The van der Waals surface area contributed by atoms with E-state index < -0.39 is 0 Å². The summed E-state index contributed by atoms with van der Waals surface area (Å²) in [5.74, 6) is 0.992. The van der Waals surface area contributed by atoms with Gasteiger partial charge in [-0.05, 0) is 0 Å². The zero-order chi connectivity index (χ0) is 13.0. The summed E-state index contributed by atoms with van der Waals surface area (Å²) in [7, 11) is 0. The van der Waals surface area contributed by atoms with Crippen LogP contribution in [-0.2, 0) is 0 Å². The third-order valence-electron chi connectivity index (χ3n) is 4.56. The van der Waals surface area contributed by atoms with Crippen molar-refractivity contribution in [2.45, 2.75) is 39.2 Å². The molecule has 4 heteroatoms. The molecule has 2 aliphatic heterocycles. The van der Waals surface area contributed by atoms with E-state index in [1.807, 2.05) is 0 Å². The molecule has 0 unspecified atom stereocenters. The Labute approximate surface area is 126 Å². The Kier molecular flexibility index (Phi) is 6.24. The van der Waals surface area contributed by atoms with Crippen molar-refractivity contribution in [3.63, 3.8) is 0 Å². The Morgan fingerprint density at radius 1 is 1.00 bits per heavy atom. The molecule has 0 N–H and O–H groups in total. The normalized spacial score (nSPS) is 26.0. The van der Waals surface area contributed by atoms with Gasteiger partial charge in [0, 0.05) is 0 Å². The fraction of sp³-hybridized carbons (Fsp3) is 1.00. The van der Waals surface area contributed by atoms with Gasteiger partial charge in [-0.15, -0.1) is 0 Å². The molecule has 0 spiro atoms. The Balaban J connectivity index is 1.60. The van der Waals surface area contributed by atoms with Crippen molar-refractivity contribution >= 4 is 22.6 Å². The summed E-state index contributed by atoms with van der Waals surface area (Å²) in [5, 5.41) is 0. The van der Waals surface area contributed by atoms with Crippen molar-refractivity contribution in [3.05, 3.63) is 0 Å². The van der Waals surface area contributed by atoms with Gasteiger partial charge in [-0.3, -0.25) is 0 Å². The number of rotatable bonds is 4.